The van der Waals surface area contributed by atoms with Gasteiger partial charge in [-0.1, -0.05) is 12.1 Å². The van der Waals surface area contributed by atoms with Crippen molar-refractivity contribution in [2.75, 3.05) is 0 Å². The summed E-state index contributed by atoms with van der Waals surface area (Å²) in [5.41, 5.74) is 4.47. The number of phenols is 1. The van der Waals surface area contributed by atoms with E-state index in [2.05, 4.69) is 10.3 Å². The SMILES string of the molecule is O=C(NCc1cccc(O)c1)c1ccc2c(c1)OCc1cnccc1-2. The van der Waals surface area contributed by atoms with Crippen LogP contribution in [0, 0.1) is 0 Å². The number of carbonyl (C=O) groups is 1. The smallest absolute Gasteiger partial charge is 0.251 e. The fourth-order valence-corrected chi connectivity index (χ4v) is 2.92. The Morgan fingerprint density at radius 2 is 2.08 bits per heavy atom. The summed E-state index contributed by atoms with van der Waals surface area (Å²) in [6, 6.07) is 14.2. The van der Waals surface area contributed by atoms with E-state index in [4.69, 9.17) is 4.74 Å². The van der Waals surface area contributed by atoms with Crippen molar-refractivity contribution < 1.29 is 14.6 Å². The molecule has 0 fully saturated rings. The number of rotatable bonds is 3. The lowest BCUT2D eigenvalue weighted by atomic mass is 9.97. The Kier molecular flexibility index (Phi) is 3.82. The van der Waals surface area contributed by atoms with Gasteiger partial charge in [0.1, 0.15) is 18.1 Å². The van der Waals surface area contributed by atoms with Gasteiger partial charge in [-0.3, -0.25) is 9.78 Å². The number of aromatic nitrogens is 1. The summed E-state index contributed by atoms with van der Waals surface area (Å²) in [5.74, 6) is 0.695. The highest BCUT2D eigenvalue weighted by molar-refractivity contribution is 5.95. The van der Waals surface area contributed by atoms with Gasteiger partial charge in [0.2, 0.25) is 0 Å². The van der Waals surface area contributed by atoms with Gasteiger partial charge in [0.15, 0.2) is 0 Å². The van der Waals surface area contributed by atoms with Crippen LogP contribution in [0.3, 0.4) is 0 Å². The number of fused-ring (bicyclic) bond motifs is 3. The second-order valence-corrected chi connectivity index (χ2v) is 5.89. The summed E-state index contributed by atoms with van der Waals surface area (Å²) in [6.45, 7) is 0.796. The maximum absolute atomic E-state index is 12.4. The Hall–Kier alpha value is -3.34. The molecule has 0 atom stereocenters. The third-order valence-corrected chi connectivity index (χ3v) is 4.18. The quantitative estimate of drug-likeness (QED) is 0.772. The van der Waals surface area contributed by atoms with Gasteiger partial charge in [0.25, 0.3) is 5.91 Å². The van der Waals surface area contributed by atoms with E-state index in [1.54, 1.807) is 42.7 Å². The van der Waals surface area contributed by atoms with Crippen LogP contribution in [0.25, 0.3) is 11.1 Å². The Labute approximate surface area is 144 Å². The number of hydrogen-bond donors (Lipinski definition) is 2. The first kappa shape index (κ1) is 15.2. The molecule has 1 aromatic heterocycles. The number of ether oxygens (including phenoxy) is 1. The summed E-state index contributed by atoms with van der Waals surface area (Å²) in [4.78, 5) is 16.5. The molecule has 4 rings (SSSR count). The van der Waals surface area contributed by atoms with Crippen molar-refractivity contribution in [1.82, 2.24) is 10.3 Å². The van der Waals surface area contributed by atoms with E-state index >= 15 is 0 Å². The molecule has 0 aliphatic carbocycles. The van der Waals surface area contributed by atoms with Crippen LogP contribution in [0.2, 0.25) is 0 Å². The third kappa shape index (κ3) is 3.04. The predicted octanol–water partition coefficient (Wildman–Crippen LogP) is 3.28. The highest BCUT2D eigenvalue weighted by Crippen LogP contribution is 2.37. The monoisotopic (exact) mass is 332 g/mol. The molecule has 5 nitrogen and oxygen atoms in total. The number of hydrogen-bond acceptors (Lipinski definition) is 4. The molecule has 5 heteroatoms. The van der Waals surface area contributed by atoms with Crippen LogP contribution in [0.1, 0.15) is 21.5 Å². The molecular weight excluding hydrogens is 316 g/mol. The van der Waals surface area contributed by atoms with Crippen LogP contribution in [0.5, 0.6) is 11.5 Å². The van der Waals surface area contributed by atoms with E-state index in [9.17, 15) is 9.90 Å². The molecule has 0 bridgehead atoms. The van der Waals surface area contributed by atoms with E-state index in [1.165, 1.54) is 0 Å². The molecule has 2 heterocycles. The van der Waals surface area contributed by atoms with Gasteiger partial charge in [-0.2, -0.15) is 0 Å². The lowest BCUT2D eigenvalue weighted by molar-refractivity contribution is 0.0950. The van der Waals surface area contributed by atoms with Gasteiger partial charge in [-0.05, 0) is 47.5 Å². The van der Waals surface area contributed by atoms with Crippen molar-refractivity contribution in [3.8, 4) is 22.6 Å². The summed E-state index contributed by atoms with van der Waals surface area (Å²) in [5, 5.41) is 12.3. The van der Waals surface area contributed by atoms with Crippen molar-refractivity contribution in [1.29, 1.82) is 0 Å². The van der Waals surface area contributed by atoms with Crippen LogP contribution in [-0.2, 0) is 13.2 Å². The van der Waals surface area contributed by atoms with Gasteiger partial charge < -0.3 is 15.2 Å². The first-order chi connectivity index (χ1) is 12.2. The first-order valence-corrected chi connectivity index (χ1v) is 7.97. The minimum absolute atomic E-state index is 0.182. The Morgan fingerprint density at radius 1 is 1.16 bits per heavy atom. The third-order valence-electron chi connectivity index (χ3n) is 4.18. The Bertz CT molecular complexity index is 953. The minimum atomic E-state index is -0.185. The van der Waals surface area contributed by atoms with Crippen LogP contribution in [0.4, 0.5) is 0 Å². The number of nitrogens with one attached hydrogen (secondary N) is 1. The van der Waals surface area contributed by atoms with Crippen molar-refractivity contribution in [3.05, 3.63) is 77.6 Å². The van der Waals surface area contributed by atoms with Gasteiger partial charge >= 0.3 is 0 Å². The van der Waals surface area contributed by atoms with E-state index in [0.717, 1.165) is 22.3 Å². The normalized spacial score (nSPS) is 11.8. The number of nitrogens with zero attached hydrogens (tertiary/aromatic N) is 1. The van der Waals surface area contributed by atoms with Gasteiger partial charge in [0.05, 0.1) is 0 Å². The van der Waals surface area contributed by atoms with Crippen molar-refractivity contribution >= 4 is 5.91 Å². The molecule has 0 saturated heterocycles. The molecule has 1 aliphatic rings. The number of phenolic OH excluding ortho intramolecular Hbond substituents is 1. The van der Waals surface area contributed by atoms with Crippen molar-refractivity contribution in [2.24, 2.45) is 0 Å². The van der Waals surface area contributed by atoms with Crippen molar-refractivity contribution in [2.45, 2.75) is 13.2 Å². The standard InChI is InChI=1S/C20H16N2O3/c23-16-3-1-2-13(8-16)10-22-20(24)14-4-5-18-17-6-7-21-11-15(17)12-25-19(18)9-14/h1-9,11,23H,10,12H2,(H,22,24). The zero-order valence-electron chi connectivity index (χ0n) is 13.4. The zero-order chi connectivity index (χ0) is 17.2. The molecule has 1 amide bonds. The summed E-state index contributed by atoms with van der Waals surface area (Å²) in [7, 11) is 0. The number of carbonyl (C=O) groups excluding carboxylic acids is 1. The first-order valence-electron chi connectivity index (χ1n) is 7.97. The molecule has 2 aromatic carbocycles. The molecule has 0 radical (unpaired) electrons. The molecule has 25 heavy (non-hydrogen) atoms. The maximum atomic E-state index is 12.4. The van der Waals surface area contributed by atoms with Gasteiger partial charge in [0, 0.05) is 35.6 Å². The Balaban J connectivity index is 1.53. The largest absolute Gasteiger partial charge is 0.508 e. The number of benzene rings is 2. The predicted molar refractivity (Wildman–Crippen MR) is 93.3 cm³/mol. The average molecular weight is 332 g/mol. The molecule has 0 unspecified atom stereocenters. The summed E-state index contributed by atoms with van der Waals surface area (Å²) < 4.78 is 5.77. The second-order valence-electron chi connectivity index (χ2n) is 5.89. The lowest BCUT2D eigenvalue weighted by Gasteiger charge is -2.20. The number of pyridine rings is 1. The van der Waals surface area contributed by atoms with E-state index < -0.39 is 0 Å². The number of aromatic hydroxyl groups is 1. The van der Waals surface area contributed by atoms with E-state index in [1.807, 2.05) is 18.2 Å². The lowest BCUT2D eigenvalue weighted by Crippen LogP contribution is -2.23. The van der Waals surface area contributed by atoms with Gasteiger partial charge in [-0.25, -0.2) is 0 Å². The van der Waals surface area contributed by atoms with Crippen LogP contribution in [0.15, 0.2) is 60.9 Å². The molecule has 0 spiro atoms. The van der Waals surface area contributed by atoms with Crippen LogP contribution >= 0.6 is 0 Å². The fraction of sp³-hybridized carbons (Fsp3) is 0.100. The highest BCUT2D eigenvalue weighted by Gasteiger charge is 2.18. The maximum Gasteiger partial charge on any atom is 0.251 e. The molecule has 3 aromatic rings. The van der Waals surface area contributed by atoms with Gasteiger partial charge in [-0.15, -0.1) is 0 Å². The topological polar surface area (TPSA) is 71.5 Å². The molecule has 1 aliphatic heterocycles. The van der Waals surface area contributed by atoms with Crippen molar-refractivity contribution in [3.63, 3.8) is 0 Å². The second kappa shape index (κ2) is 6.28. The minimum Gasteiger partial charge on any atom is -0.508 e. The molecular formula is C20H16N2O3. The highest BCUT2D eigenvalue weighted by atomic mass is 16.5. The Morgan fingerprint density at radius 3 is 2.96 bits per heavy atom. The van der Waals surface area contributed by atoms with E-state index in [-0.39, 0.29) is 11.7 Å². The van der Waals surface area contributed by atoms with Crippen LogP contribution in [-0.4, -0.2) is 16.0 Å². The number of amides is 1. The van der Waals surface area contributed by atoms with E-state index in [0.29, 0.717) is 24.5 Å². The fourth-order valence-electron chi connectivity index (χ4n) is 2.92. The zero-order valence-corrected chi connectivity index (χ0v) is 13.4. The summed E-state index contributed by atoms with van der Waals surface area (Å²) >= 11 is 0. The van der Waals surface area contributed by atoms with Crippen LogP contribution < -0.4 is 10.1 Å². The molecule has 2 N–H and O–H groups in total. The molecule has 0 saturated carbocycles. The molecule has 124 valence electrons. The summed E-state index contributed by atoms with van der Waals surface area (Å²) in [6.07, 6.45) is 3.55. The average Bonchev–Trinajstić information content (AvgIpc) is 2.65.